The molecule has 3 aromatic rings. The number of ether oxygens (including phenoxy) is 1. The summed E-state index contributed by atoms with van der Waals surface area (Å²) in [5.74, 6) is -0.980. The minimum atomic E-state index is -1.18. The Bertz CT molecular complexity index is 1230. The molecule has 4 N–H and O–H groups in total. The van der Waals surface area contributed by atoms with Crippen LogP contribution in [0.1, 0.15) is 26.3 Å². The van der Waals surface area contributed by atoms with Crippen LogP contribution in [-0.4, -0.2) is 72.7 Å². The number of nitrogens with two attached hydrogens (primary N) is 1. The molecule has 2 aromatic heterocycles. The van der Waals surface area contributed by atoms with Gasteiger partial charge in [-0.3, -0.25) is 9.59 Å². The highest BCUT2D eigenvalue weighted by atomic mass is 32.2. The first-order valence-corrected chi connectivity index (χ1v) is 12.1. The first kappa shape index (κ1) is 26.7. The Labute approximate surface area is 212 Å². The van der Waals surface area contributed by atoms with Crippen LogP contribution in [-0.2, 0) is 26.6 Å². The number of nitrogens with one attached hydrogen (secondary N) is 1. The summed E-state index contributed by atoms with van der Waals surface area (Å²) in [4.78, 5) is 50.2. The zero-order valence-corrected chi connectivity index (χ0v) is 21.1. The highest BCUT2D eigenvalue weighted by Crippen LogP contribution is 2.27. The average molecular weight is 516 g/mol. The average Bonchev–Trinajstić information content (AvgIpc) is 3.18. The summed E-state index contributed by atoms with van der Waals surface area (Å²) in [5.41, 5.74) is 7.21. The summed E-state index contributed by atoms with van der Waals surface area (Å²) in [6.45, 7) is 4.44. The fourth-order valence-corrected chi connectivity index (χ4v) is 4.12. The van der Waals surface area contributed by atoms with Crippen molar-refractivity contribution in [3.05, 3.63) is 42.2 Å². The van der Waals surface area contributed by atoms with Crippen molar-refractivity contribution in [1.82, 2.24) is 29.7 Å². The van der Waals surface area contributed by atoms with Crippen LogP contribution in [0.25, 0.3) is 11.2 Å². The van der Waals surface area contributed by atoms with E-state index in [0.717, 1.165) is 10.5 Å². The number of anilines is 1. The summed E-state index contributed by atoms with van der Waals surface area (Å²) < 4.78 is 6.65. The van der Waals surface area contributed by atoms with Crippen LogP contribution in [0.2, 0.25) is 0 Å². The number of carboxylic acid groups (broad SMARTS) is 1. The standard InChI is InChI=1S/C23H29N7O5S/c1-23(2,3)35-22(34)25-9-10-29(12-17(32)33)16(31)11-30-14-26-18-19(30)27-21(24)28-20(18)36-13-15-7-5-4-6-8-15/h4-8,14H,9-13H2,1-3H3,(H,25,34)(H,32,33)(H2,24,27,28). The second kappa shape index (κ2) is 11.7. The van der Waals surface area contributed by atoms with Crippen LogP contribution in [0.15, 0.2) is 41.7 Å². The van der Waals surface area contributed by atoms with E-state index in [4.69, 9.17) is 10.5 Å². The molecular weight excluding hydrogens is 486 g/mol. The lowest BCUT2D eigenvalue weighted by Crippen LogP contribution is -2.43. The Balaban J connectivity index is 1.70. The maximum atomic E-state index is 13.0. The summed E-state index contributed by atoms with van der Waals surface area (Å²) in [5, 5.41) is 12.4. The van der Waals surface area contributed by atoms with Crippen molar-refractivity contribution in [3.8, 4) is 0 Å². The molecular formula is C23H29N7O5S. The summed E-state index contributed by atoms with van der Waals surface area (Å²) in [6, 6.07) is 9.84. The summed E-state index contributed by atoms with van der Waals surface area (Å²) >= 11 is 1.45. The number of rotatable bonds is 10. The minimum Gasteiger partial charge on any atom is -0.480 e. The number of carboxylic acids is 1. The van der Waals surface area contributed by atoms with Crippen molar-refractivity contribution in [2.24, 2.45) is 0 Å². The molecule has 192 valence electrons. The first-order chi connectivity index (χ1) is 17.0. The van der Waals surface area contributed by atoms with E-state index in [1.807, 2.05) is 30.3 Å². The Kier molecular flexibility index (Phi) is 8.69. The zero-order valence-electron chi connectivity index (χ0n) is 20.3. The predicted molar refractivity (Wildman–Crippen MR) is 134 cm³/mol. The van der Waals surface area contributed by atoms with Gasteiger partial charge in [0.25, 0.3) is 0 Å². The van der Waals surface area contributed by atoms with E-state index in [1.165, 1.54) is 22.7 Å². The summed E-state index contributed by atoms with van der Waals surface area (Å²) in [7, 11) is 0. The molecule has 0 bridgehead atoms. The number of aromatic nitrogens is 4. The lowest BCUT2D eigenvalue weighted by molar-refractivity contribution is -0.144. The molecule has 0 atom stereocenters. The number of amides is 2. The second-order valence-corrected chi connectivity index (χ2v) is 9.81. The van der Waals surface area contributed by atoms with Gasteiger partial charge in [-0.05, 0) is 26.3 Å². The lowest BCUT2D eigenvalue weighted by atomic mass is 10.2. The molecule has 2 heterocycles. The van der Waals surface area contributed by atoms with Gasteiger partial charge < -0.3 is 30.4 Å². The van der Waals surface area contributed by atoms with Crippen LogP contribution in [0.3, 0.4) is 0 Å². The Morgan fingerprint density at radius 2 is 1.92 bits per heavy atom. The number of benzene rings is 1. The number of thioether (sulfide) groups is 1. The molecule has 0 aliphatic heterocycles. The van der Waals surface area contributed by atoms with Crippen LogP contribution in [0.5, 0.6) is 0 Å². The van der Waals surface area contributed by atoms with Gasteiger partial charge in [0.15, 0.2) is 5.65 Å². The Morgan fingerprint density at radius 3 is 2.58 bits per heavy atom. The molecule has 0 radical (unpaired) electrons. The van der Waals surface area contributed by atoms with Gasteiger partial charge in [0.05, 0.1) is 6.33 Å². The van der Waals surface area contributed by atoms with E-state index in [2.05, 4.69) is 20.3 Å². The second-order valence-electron chi connectivity index (χ2n) is 8.84. The smallest absolute Gasteiger partial charge is 0.407 e. The van der Waals surface area contributed by atoms with Gasteiger partial charge in [0, 0.05) is 18.8 Å². The number of alkyl carbamates (subject to hydrolysis) is 1. The maximum Gasteiger partial charge on any atom is 0.407 e. The molecule has 2 amide bonds. The van der Waals surface area contributed by atoms with Crippen LogP contribution in [0.4, 0.5) is 10.7 Å². The van der Waals surface area contributed by atoms with E-state index in [-0.39, 0.29) is 25.6 Å². The third-order valence-corrected chi connectivity index (χ3v) is 5.74. The third-order valence-electron chi connectivity index (χ3n) is 4.70. The topological polar surface area (TPSA) is 166 Å². The number of imidazole rings is 1. The highest BCUT2D eigenvalue weighted by molar-refractivity contribution is 7.98. The highest BCUT2D eigenvalue weighted by Gasteiger charge is 2.21. The monoisotopic (exact) mass is 515 g/mol. The molecule has 12 nitrogen and oxygen atoms in total. The first-order valence-electron chi connectivity index (χ1n) is 11.1. The van der Waals surface area contributed by atoms with Crippen molar-refractivity contribution >= 4 is 46.8 Å². The minimum absolute atomic E-state index is 0.0215. The molecule has 13 heteroatoms. The molecule has 0 unspecified atom stereocenters. The number of hydrogen-bond donors (Lipinski definition) is 3. The Morgan fingerprint density at radius 1 is 1.19 bits per heavy atom. The molecule has 0 saturated heterocycles. The van der Waals surface area contributed by atoms with Gasteiger partial charge in [-0.2, -0.15) is 4.98 Å². The van der Waals surface area contributed by atoms with Crippen molar-refractivity contribution in [3.63, 3.8) is 0 Å². The normalized spacial score (nSPS) is 11.3. The van der Waals surface area contributed by atoms with Crippen LogP contribution in [0, 0.1) is 0 Å². The third kappa shape index (κ3) is 7.83. The van der Waals surface area contributed by atoms with E-state index in [9.17, 15) is 19.5 Å². The Hall–Kier alpha value is -3.87. The largest absolute Gasteiger partial charge is 0.480 e. The quantitative estimate of drug-likeness (QED) is 0.269. The zero-order chi connectivity index (χ0) is 26.3. The number of hydrogen-bond acceptors (Lipinski definition) is 9. The van der Waals surface area contributed by atoms with E-state index in [1.54, 1.807) is 20.8 Å². The van der Waals surface area contributed by atoms with Gasteiger partial charge in [0.2, 0.25) is 11.9 Å². The molecule has 0 saturated carbocycles. The lowest BCUT2D eigenvalue weighted by Gasteiger charge is -2.23. The molecule has 3 rings (SSSR count). The van der Waals surface area contributed by atoms with E-state index in [0.29, 0.717) is 21.9 Å². The maximum absolute atomic E-state index is 13.0. The van der Waals surface area contributed by atoms with Gasteiger partial charge in [0.1, 0.15) is 29.2 Å². The number of fused-ring (bicyclic) bond motifs is 1. The number of nitrogens with zero attached hydrogens (tertiary/aromatic N) is 5. The van der Waals surface area contributed by atoms with Crippen molar-refractivity contribution in [2.75, 3.05) is 25.4 Å². The van der Waals surface area contributed by atoms with E-state index >= 15 is 0 Å². The van der Waals surface area contributed by atoms with Crippen molar-refractivity contribution in [2.45, 2.75) is 43.7 Å². The van der Waals surface area contributed by atoms with Gasteiger partial charge in [-0.15, -0.1) is 0 Å². The summed E-state index contributed by atoms with van der Waals surface area (Å²) in [6.07, 6.45) is 0.791. The number of aliphatic carboxylic acids is 1. The SMILES string of the molecule is CC(C)(C)OC(=O)NCCN(CC(=O)O)C(=O)Cn1cnc2c(SCc3ccccc3)nc(N)nc21. The number of carbonyl (C=O) groups is 3. The van der Waals surface area contributed by atoms with Gasteiger partial charge >= 0.3 is 12.1 Å². The molecule has 1 aromatic carbocycles. The van der Waals surface area contributed by atoms with Crippen molar-refractivity contribution in [1.29, 1.82) is 0 Å². The predicted octanol–water partition coefficient (Wildman–Crippen LogP) is 2.14. The van der Waals surface area contributed by atoms with Crippen molar-refractivity contribution < 1.29 is 24.2 Å². The molecule has 36 heavy (non-hydrogen) atoms. The number of nitrogen functional groups attached to an aromatic ring is 1. The van der Waals surface area contributed by atoms with Crippen LogP contribution >= 0.6 is 11.8 Å². The molecule has 0 fully saturated rings. The molecule has 0 aliphatic carbocycles. The van der Waals surface area contributed by atoms with Crippen LogP contribution < -0.4 is 11.1 Å². The fraction of sp³-hybridized carbons (Fsp3) is 0.391. The molecule has 0 spiro atoms. The van der Waals surface area contributed by atoms with E-state index < -0.39 is 30.1 Å². The van der Waals surface area contributed by atoms with Gasteiger partial charge in [-0.25, -0.2) is 14.8 Å². The number of carbonyl (C=O) groups excluding carboxylic acids is 2. The van der Waals surface area contributed by atoms with Gasteiger partial charge in [-0.1, -0.05) is 42.1 Å². The fourth-order valence-electron chi connectivity index (χ4n) is 3.18. The molecule has 0 aliphatic rings.